The van der Waals surface area contributed by atoms with Crippen molar-refractivity contribution in [3.63, 3.8) is 0 Å². The van der Waals surface area contributed by atoms with Gasteiger partial charge in [-0.2, -0.15) is 0 Å². The van der Waals surface area contributed by atoms with Gasteiger partial charge in [-0.3, -0.25) is 9.78 Å². The van der Waals surface area contributed by atoms with Crippen LogP contribution in [0.5, 0.6) is 11.5 Å². The number of pyridine rings is 1. The maximum absolute atomic E-state index is 12.9. The van der Waals surface area contributed by atoms with Crippen LogP contribution in [-0.2, 0) is 0 Å². The summed E-state index contributed by atoms with van der Waals surface area (Å²) in [7, 11) is 0. The van der Waals surface area contributed by atoms with Crippen molar-refractivity contribution >= 4 is 11.6 Å². The normalized spacial score (nSPS) is 11.0. The Morgan fingerprint density at radius 3 is 1.61 bits per heavy atom. The number of hydrogen-bond acceptors (Lipinski definition) is 4. The lowest BCUT2D eigenvalue weighted by atomic mass is 10.1. The minimum absolute atomic E-state index is 0.178. The summed E-state index contributed by atoms with van der Waals surface area (Å²) in [4.78, 5) is 16.9. The second kappa shape index (κ2) is 24.1. The molecule has 0 aliphatic carbocycles. The summed E-state index contributed by atoms with van der Waals surface area (Å²) >= 11 is 0. The number of anilines is 1. The summed E-state index contributed by atoms with van der Waals surface area (Å²) < 4.78 is 12.3. The van der Waals surface area contributed by atoms with Crippen molar-refractivity contribution in [2.24, 2.45) is 0 Å². The summed E-state index contributed by atoms with van der Waals surface area (Å²) in [5.74, 6) is 1.21. The zero-order valence-corrected chi connectivity index (χ0v) is 26.3. The number of ether oxygens (including phenoxy) is 2. The molecule has 1 aromatic carbocycles. The third-order valence-electron chi connectivity index (χ3n) is 7.64. The standard InChI is InChI=1S/C36H58N2O3/c1-3-5-7-9-11-13-15-17-19-21-28-40-34-26-25-32(36(39)38-33-24-23-27-37-31-33)30-35(34)41-29-22-20-18-16-14-12-10-8-6-4-2/h23-27,30-31H,3-22,28-29H2,1-2H3,(H,38,39). The van der Waals surface area contributed by atoms with Crippen LogP contribution in [0, 0.1) is 0 Å². The van der Waals surface area contributed by atoms with Gasteiger partial charge in [0.15, 0.2) is 11.5 Å². The highest BCUT2D eigenvalue weighted by Crippen LogP contribution is 2.30. The van der Waals surface area contributed by atoms with Gasteiger partial charge in [0.05, 0.1) is 25.1 Å². The van der Waals surface area contributed by atoms with Crippen molar-refractivity contribution in [3.05, 3.63) is 48.3 Å². The largest absolute Gasteiger partial charge is 0.490 e. The van der Waals surface area contributed by atoms with Crippen LogP contribution in [0.2, 0.25) is 0 Å². The highest BCUT2D eigenvalue weighted by atomic mass is 16.5. The number of aromatic nitrogens is 1. The van der Waals surface area contributed by atoms with E-state index < -0.39 is 0 Å². The quantitative estimate of drug-likeness (QED) is 0.115. The first kappa shape index (κ1) is 34.6. The molecule has 230 valence electrons. The maximum Gasteiger partial charge on any atom is 0.255 e. The van der Waals surface area contributed by atoms with Gasteiger partial charge < -0.3 is 14.8 Å². The van der Waals surface area contributed by atoms with E-state index in [9.17, 15) is 4.79 Å². The van der Waals surface area contributed by atoms with E-state index in [0.717, 1.165) is 18.6 Å². The molecule has 0 saturated carbocycles. The molecule has 5 heteroatoms. The Morgan fingerprint density at radius 2 is 1.12 bits per heavy atom. The van der Waals surface area contributed by atoms with Crippen LogP contribution in [0.1, 0.15) is 153 Å². The number of nitrogens with zero attached hydrogens (tertiary/aromatic N) is 1. The van der Waals surface area contributed by atoms with Crippen molar-refractivity contribution in [2.45, 2.75) is 142 Å². The molecule has 1 N–H and O–H groups in total. The monoisotopic (exact) mass is 566 g/mol. The molecule has 5 nitrogen and oxygen atoms in total. The zero-order chi connectivity index (χ0) is 29.2. The smallest absolute Gasteiger partial charge is 0.255 e. The molecule has 0 spiro atoms. The maximum atomic E-state index is 12.9. The van der Waals surface area contributed by atoms with Gasteiger partial charge in [0, 0.05) is 11.8 Å². The number of benzene rings is 1. The predicted molar refractivity (Wildman–Crippen MR) is 173 cm³/mol. The Labute approximate surface area is 251 Å². The molecule has 1 heterocycles. The van der Waals surface area contributed by atoms with E-state index in [1.807, 2.05) is 24.3 Å². The molecule has 0 atom stereocenters. The number of carbonyl (C=O) groups is 1. The summed E-state index contributed by atoms with van der Waals surface area (Å²) in [5, 5.41) is 2.91. The highest BCUT2D eigenvalue weighted by molar-refractivity contribution is 6.04. The molecule has 0 saturated heterocycles. The first-order valence-corrected chi connectivity index (χ1v) is 16.9. The van der Waals surface area contributed by atoms with Crippen molar-refractivity contribution in [3.8, 4) is 11.5 Å². The van der Waals surface area contributed by atoms with Gasteiger partial charge in [-0.05, 0) is 43.2 Å². The molecule has 1 amide bonds. The molecular weight excluding hydrogens is 508 g/mol. The molecule has 0 bridgehead atoms. The Morgan fingerprint density at radius 1 is 0.634 bits per heavy atom. The zero-order valence-electron chi connectivity index (χ0n) is 26.3. The van der Waals surface area contributed by atoms with E-state index in [4.69, 9.17) is 9.47 Å². The van der Waals surface area contributed by atoms with Crippen LogP contribution >= 0.6 is 0 Å². The minimum Gasteiger partial charge on any atom is -0.490 e. The van der Waals surface area contributed by atoms with Crippen molar-refractivity contribution < 1.29 is 14.3 Å². The van der Waals surface area contributed by atoms with Crippen LogP contribution in [0.4, 0.5) is 5.69 Å². The molecule has 0 unspecified atom stereocenters. The molecule has 0 aliphatic rings. The van der Waals surface area contributed by atoms with Crippen LogP contribution in [0.25, 0.3) is 0 Å². The molecule has 0 radical (unpaired) electrons. The van der Waals surface area contributed by atoms with Gasteiger partial charge in [0.2, 0.25) is 0 Å². The molecule has 0 aliphatic heterocycles. The summed E-state index contributed by atoms with van der Waals surface area (Å²) in [6.45, 7) is 5.85. The number of unbranched alkanes of at least 4 members (excludes halogenated alkanes) is 18. The van der Waals surface area contributed by atoms with E-state index in [0.29, 0.717) is 30.2 Å². The second-order valence-electron chi connectivity index (χ2n) is 11.4. The van der Waals surface area contributed by atoms with E-state index in [-0.39, 0.29) is 5.91 Å². The average Bonchev–Trinajstić information content (AvgIpc) is 2.99. The molecule has 1 aromatic heterocycles. The van der Waals surface area contributed by atoms with Crippen LogP contribution in [-0.4, -0.2) is 24.1 Å². The van der Waals surface area contributed by atoms with Crippen LogP contribution in [0.3, 0.4) is 0 Å². The number of rotatable bonds is 26. The molecule has 41 heavy (non-hydrogen) atoms. The number of hydrogen-bond donors (Lipinski definition) is 1. The topological polar surface area (TPSA) is 60.5 Å². The lowest BCUT2D eigenvalue weighted by Gasteiger charge is -2.14. The fourth-order valence-electron chi connectivity index (χ4n) is 5.06. The fourth-order valence-corrected chi connectivity index (χ4v) is 5.06. The lowest BCUT2D eigenvalue weighted by Crippen LogP contribution is -2.12. The van der Waals surface area contributed by atoms with E-state index >= 15 is 0 Å². The first-order valence-electron chi connectivity index (χ1n) is 16.9. The van der Waals surface area contributed by atoms with Gasteiger partial charge in [-0.1, -0.05) is 129 Å². The first-order chi connectivity index (χ1) is 20.2. The van der Waals surface area contributed by atoms with Crippen LogP contribution < -0.4 is 14.8 Å². The summed E-state index contributed by atoms with van der Waals surface area (Å²) in [6, 6.07) is 9.14. The Hall–Kier alpha value is -2.56. The van der Waals surface area contributed by atoms with E-state index in [1.165, 1.54) is 116 Å². The van der Waals surface area contributed by atoms with Gasteiger partial charge in [-0.25, -0.2) is 0 Å². The van der Waals surface area contributed by atoms with Crippen LogP contribution in [0.15, 0.2) is 42.7 Å². The molecule has 0 fully saturated rings. The van der Waals surface area contributed by atoms with Crippen molar-refractivity contribution in [2.75, 3.05) is 18.5 Å². The van der Waals surface area contributed by atoms with E-state index in [2.05, 4.69) is 24.1 Å². The SMILES string of the molecule is CCCCCCCCCCCCOc1ccc(C(=O)Nc2cccnc2)cc1OCCCCCCCCCCCC. The Balaban J connectivity index is 1.76. The second-order valence-corrected chi connectivity index (χ2v) is 11.4. The lowest BCUT2D eigenvalue weighted by molar-refractivity contribution is 0.102. The van der Waals surface area contributed by atoms with Gasteiger partial charge in [-0.15, -0.1) is 0 Å². The van der Waals surface area contributed by atoms with E-state index in [1.54, 1.807) is 18.5 Å². The molecule has 2 rings (SSSR count). The van der Waals surface area contributed by atoms with Crippen molar-refractivity contribution in [1.82, 2.24) is 4.98 Å². The fraction of sp³-hybridized carbons (Fsp3) is 0.667. The third kappa shape index (κ3) is 17.1. The predicted octanol–water partition coefficient (Wildman–Crippen LogP) is 10.9. The molecular formula is C36H58N2O3. The number of nitrogens with one attached hydrogen (secondary N) is 1. The highest BCUT2D eigenvalue weighted by Gasteiger charge is 2.13. The minimum atomic E-state index is -0.178. The van der Waals surface area contributed by atoms with Gasteiger partial charge in [0.1, 0.15) is 0 Å². The van der Waals surface area contributed by atoms with Gasteiger partial charge >= 0.3 is 0 Å². The Kier molecular flexibility index (Phi) is 20.3. The van der Waals surface area contributed by atoms with Crippen molar-refractivity contribution in [1.29, 1.82) is 0 Å². The summed E-state index contributed by atoms with van der Waals surface area (Å²) in [5.41, 5.74) is 1.23. The Bertz CT molecular complexity index is 903. The number of carbonyl (C=O) groups excluding carboxylic acids is 1. The summed E-state index contributed by atoms with van der Waals surface area (Å²) in [6.07, 6.45) is 29.2. The van der Waals surface area contributed by atoms with Gasteiger partial charge in [0.25, 0.3) is 5.91 Å². The third-order valence-corrected chi connectivity index (χ3v) is 7.64. The average molecular weight is 567 g/mol. The molecule has 2 aromatic rings. The number of amides is 1.